The Balaban J connectivity index is 0.000000220. The van der Waals surface area contributed by atoms with Crippen molar-refractivity contribution in [1.29, 1.82) is 0 Å². The lowest BCUT2D eigenvalue weighted by atomic mass is 10.2. The Bertz CT molecular complexity index is 784. The molecule has 0 bridgehead atoms. The monoisotopic (exact) mass is 391 g/mol. The lowest BCUT2D eigenvalue weighted by Gasteiger charge is -2.02. The van der Waals surface area contributed by atoms with Gasteiger partial charge >= 0.3 is 0 Å². The number of anilines is 1. The van der Waals surface area contributed by atoms with Gasteiger partial charge in [0.25, 0.3) is 0 Å². The second-order valence-electron chi connectivity index (χ2n) is 5.43. The van der Waals surface area contributed by atoms with Gasteiger partial charge in [0.1, 0.15) is 11.3 Å². The summed E-state index contributed by atoms with van der Waals surface area (Å²) in [5, 5.41) is 5.28. The molecule has 0 saturated carbocycles. The number of pyridine rings is 1. The van der Waals surface area contributed by atoms with Gasteiger partial charge in [-0.05, 0) is 54.4 Å². The highest BCUT2D eigenvalue weighted by Crippen LogP contribution is 2.33. The van der Waals surface area contributed by atoms with Crippen LogP contribution in [0.15, 0.2) is 34.4 Å². The number of nitrogens with two attached hydrogens (primary N) is 1. The number of nitrogens with one attached hydrogen (secondary N) is 1. The second-order valence-corrected chi connectivity index (χ2v) is 7.16. The Hall–Kier alpha value is -1.57. The molecule has 0 spiro atoms. The number of nitrogen functional groups attached to an aromatic ring is 1. The molecule has 0 aliphatic carbocycles. The molecule has 4 rings (SSSR count). The quantitative estimate of drug-likeness (QED) is 0.658. The van der Waals surface area contributed by atoms with Crippen molar-refractivity contribution in [3.63, 3.8) is 0 Å². The van der Waals surface area contributed by atoms with E-state index in [1.807, 2.05) is 17.5 Å². The average Bonchev–Trinajstić information content (AvgIpc) is 3.19. The molecule has 4 heterocycles. The Labute approximate surface area is 147 Å². The van der Waals surface area contributed by atoms with Crippen molar-refractivity contribution < 1.29 is 0 Å². The number of aromatic nitrogens is 3. The van der Waals surface area contributed by atoms with E-state index in [0.29, 0.717) is 11.6 Å². The van der Waals surface area contributed by atoms with Crippen molar-refractivity contribution in [3.8, 4) is 11.4 Å². The van der Waals surface area contributed by atoms with Crippen LogP contribution in [0.1, 0.15) is 19.8 Å². The summed E-state index contributed by atoms with van der Waals surface area (Å²) in [6, 6.07) is 4.52. The van der Waals surface area contributed by atoms with Gasteiger partial charge in [-0.15, -0.1) is 11.3 Å². The molecule has 1 aliphatic heterocycles. The molecule has 0 aromatic carbocycles. The summed E-state index contributed by atoms with van der Waals surface area (Å²) in [5.74, 6) is 1.13. The lowest BCUT2D eigenvalue weighted by Crippen LogP contribution is -2.16. The summed E-state index contributed by atoms with van der Waals surface area (Å²) in [4.78, 5) is 12.8. The number of hydrogen-bond acceptors (Lipinski definition) is 6. The van der Waals surface area contributed by atoms with Crippen molar-refractivity contribution in [2.75, 3.05) is 12.3 Å². The summed E-state index contributed by atoms with van der Waals surface area (Å²) < 4.78 is 1.86. The SMILES string of the molecule is CC1CCCN1.Nc1nc(-c2ccncc2)nc2c(Br)csc12. The minimum absolute atomic E-state index is 0.512. The van der Waals surface area contributed by atoms with Crippen LogP contribution in [0.4, 0.5) is 5.82 Å². The third-order valence-corrected chi connectivity index (χ3v) is 5.54. The molecule has 1 saturated heterocycles. The summed E-state index contributed by atoms with van der Waals surface area (Å²) in [7, 11) is 0. The van der Waals surface area contributed by atoms with E-state index in [9.17, 15) is 0 Å². The van der Waals surface area contributed by atoms with Crippen molar-refractivity contribution in [3.05, 3.63) is 34.4 Å². The average molecular weight is 392 g/mol. The molecule has 1 unspecified atom stereocenters. The Morgan fingerprint density at radius 1 is 1.30 bits per heavy atom. The zero-order valence-electron chi connectivity index (χ0n) is 12.8. The van der Waals surface area contributed by atoms with Crippen LogP contribution in [-0.2, 0) is 0 Å². The fourth-order valence-corrected chi connectivity index (χ4v) is 3.87. The second kappa shape index (κ2) is 7.33. The van der Waals surface area contributed by atoms with Gasteiger partial charge < -0.3 is 11.1 Å². The van der Waals surface area contributed by atoms with E-state index >= 15 is 0 Å². The van der Waals surface area contributed by atoms with Crippen molar-refractivity contribution in [2.45, 2.75) is 25.8 Å². The predicted molar refractivity (Wildman–Crippen MR) is 99.5 cm³/mol. The molecule has 0 amide bonds. The van der Waals surface area contributed by atoms with Gasteiger partial charge in [-0.25, -0.2) is 9.97 Å². The number of rotatable bonds is 1. The van der Waals surface area contributed by atoms with Gasteiger partial charge in [0.15, 0.2) is 5.82 Å². The third-order valence-electron chi connectivity index (χ3n) is 3.64. The smallest absolute Gasteiger partial charge is 0.162 e. The van der Waals surface area contributed by atoms with Crippen molar-refractivity contribution in [1.82, 2.24) is 20.3 Å². The van der Waals surface area contributed by atoms with Crippen LogP contribution in [0.25, 0.3) is 21.6 Å². The van der Waals surface area contributed by atoms with Gasteiger partial charge in [-0.2, -0.15) is 0 Å². The predicted octanol–water partition coefficient (Wildman–Crippen LogP) is 3.86. The fourth-order valence-electron chi connectivity index (χ4n) is 2.40. The summed E-state index contributed by atoms with van der Waals surface area (Å²) >= 11 is 5.00. The van der Waals surface area contributed by atoms with E-state index < -0.39 is 0 Å². The van der Waals surface area contributed by atoms with E-state index in [4.69, 9.17) is 5.73 Å². The van der Waals surface area contributed by atoms with Crippen molar-refractivity contribution in [2.24, 2.45) is 0 Å². The van der Waals surface area contributed by atoms with E-state index in [1.165, 1.54) is 30.7 Å². The van der Waals surface area contributed by atoms with Crippen LogP contribution >= 0.6 is 27.3 Å². The van der Waals surface area contributed by atoms with Gasteiger partial charge in [0.05, 0.1) is 9.17 Å². The molecule has 5 nitrogen and oxygen atoms in total. The molecule has 3 aromatic rings. The Morgan fingerprint density at radius 3 is 2.70 bits per heavy atom. The first-order valence-corrected chi connectivity index (χ1v) is 9.16. The number of halogens is 1. The number of nitrogens with zero attached hydrogens (tertiary/aromatic N) is 3. The third kappa shape index (κ3) is 3.85. The highest BCUT2D eigenvalue weighted by molar-refractivity contribution is 9.10. The van der Waals surface area contributed by atoms with E-state index in [0.717, 1.165) is 26.3 Å². The summed E-state index contributed by atoms with van der Waals surface area (Å²) in [5.41, 5.74) is 7.70. The molecule has 7 heteroatoms. The summed E-state index contributed by atoms with van der Waals surface area (Å²) in [6.07, 6.45) is 6.17. The topological polar surface area (TPSA) is 76.7 Å². The van der Waals surface area contributed by atoms with Crippen molar-refractivity contribution >= 4 is 43.3 Å². The molecular weight excluding hydrogens is 374 g/mol. The van der Waals surface area contributed by atoms with E-state index in [2.05, 4.69) is 43.1 Å². The van der Waals surface area contributed by atoms with Crippen LogP contribution in [0.2, 0.25) is 0 Å². The zero-order chi connectivity index (χ0) is 16.2. The van der Waals surface area contributed by atoms with Crippen LogP contribution in [-0.4, -0.2) is 27.5 Å². The van der Waals surface area contributed by atoms with Gasteiger partial charge in [-0.1, -0.05) is 0 Å². The fraction of sp³-hybridized carbons (Fsp3) is 0.312. The largest absolute Gasteiger partial charge is 0.382 e. The minimum Gasteiger partial charge on any atom is -0.382 e. The van der Waals surface area contributed by atoms with Crippen LogP contribution in [0.3, 0.4) is 0 Å². The maximum Gasteiger partial charge on any atom is 0.162 e. The van der Waals surface area contributed by atoms with Crippen LogP contribution in [0.5, 0.6) is 0 Å². The normalized spacial score (nSPS) is 17.0. The standard InChI is InChI=1S/C11H7BrN4S.C5H11N/c12-7-5-17-9-8(7)15-11(16-10(9)13)6-1-3-14-4-2-6;1-5-3-2-4-6-5/h1-5H,(H2,13,15,16);5-6H,2-4H2,1H3. The van der Waals surface area contributed by atoms with Crippen LogP contribution < -0.4 is 11.1 Å². The zero-order valence-corrected chi connectivity index (χ0v) is 15.2. The highest BCUT2D eigenvalue weighted by atomic mass is 79.9. The van der Waals surface area contributed by atoms with E-state index in [-0.39, 0.29) is 0 Å². The first-order chi connectivity index (χ1) is 11.1. The molecule has 120 valence electrons. The van der Waals surface area contributed by atoms with E-state index in [1.54, 1.807) is 12.4 Å². The Kier molecular flexibility index (Phi) is 5.20. The summed E-state index contributed by atoms with van der Waals surface area (Å²) in [6.45, 7) is 3.47. The van der Waals surface area contributed by atoms with Crippen LogP contribution in [0, 0.1) is 0 Å². The molecular formula is C16H18BrN5S. The molecule has 1 atom stereocenters. The molecule has 1 aliphatic rings. The Morgan fingerprint density at radius 2 is 2.09 bits per heavy atom. The maximum atomic E-state index is 5.93. The number of hydrogen-bond donors (Lipinski definition) is 2. The molecule has 0 radical (unpaired) electrons. The molecule has 3 aromatic heterocycles. The van der Waals surface area contributed by atoms with Gasteiger partial charge in [0, 0.05) is 29.4 Å². The highest BCUT2D eigenvalue weighted by Gasteiger charge is 2.11. The van der Waals surface area contributed by atoms with Gasteiger partial charge in [-0.3, -0.25) is 4.98 Å². The number of fused-ring (bicyclic) bond motifs is 1. The first-order valence-electron chi connectivity index (χ1n) is 7.49. The van der Waals surface area contributed by atoms with Gasteiger partial charge in [0.2, 0.25) is 0 Å². The number of thiophene rings is 1. The molecule has 3 N–H and O–H groups in total. The molecule has 23 heavy (non-hydrogen) atoms. The maximum absolute atomic E-state index is 5.93. The minimum atomic E-state index is 0.512. The lowest BCUT2D eigenvalue weighted by molar-refractivity contribution is 0.664. The first kappa shape index (κ1) is 16.3. The molecule has 1 fully saturated rings.